The number of rotatable bonds is 5. The smallest absolute Gasteiger partial charge is 0.311 e. The Kier molecular flexibility index (Phi) is 5.59. The fraction of sp³-hybridized carbons (Fsp3) is 0.500. The normalized spacial score (nSPS) is 20.5. The van der Waals surface area contributed by atoms with Crippen LogP contribution in [0.5, 0.6) is 0 Å². The first-order valence-corrected chi connectivity index (χ1v) is 8.14. The predicted octanol–water partition coefficient (Wildman–Crippen LogP) is 1.90. The first-order chi connectivity index (χ1) is 11.3. The number of allylic oxidation sites excluding steroid dienone is 2. The highest BCUT2D eigenvalue weighted by Gasteiger charge is 2.42. The SMILES string of the molecule is CC(C)=CC[C@@]1(C(=O)O)CCCN(C(=O)Cn2ccccc2=O)C1. The fourth-order valence-electron chi connectivity index (χ4n) is 3.01. The number of carboxylic acid groups (broad SMARTS) is 1. The molecule has 1 saturated heterocycles. The van der Waals surface area contributed by atoms with E-state index >= 15 is 0 Å². The van der Waals surface area contributed by atoms with E-state index in [2.05, 4.69) is 0 Å². The van der Waals surface area contributed by atoms with Crippen molar-refractivity contribution in [1.29, 1.82) is 0 Å². The van der Waals surface area contributed by atoms with Crippen molar-refractivity contribution in [1.82, 2.24) is 9.47 Å². The third-order valence-electron chi connectivity index (χ3n) is 4.49. The standard InChI is InChI=1S/C18H24N2O4/c1-14(2)7-9-18(17(23)24)8-5-11-20(13-18)16(22)12-19-10-4-3-6-15(19)21/h3-4,6-7,10H,5,8-9,11-13H2,1-2H3,(H,23,24)/t18-/m0/s1. The third-order valence-corrected chi connectivity index (χ3v) is 4.49. The molecule has 0 unspecified atom stereocenters. The van der Waals surface area contributed by atoms with Crippen LogP contribution in [-0.2, 0) is 16.1 Å². The average Bonchev–Trinajstić information content (AvgIpc) is 2.55. The van der Waals surface area contributed by atoms with Gasteiger partial charge in [0.05, 0.1) is 5.41 Å². The molecule has 1 fully saturated rings. The molecule has 24 heavy (non-hydrogen) atoms. The summed E-state index contributed by atoms with van der Waals surface area (Å²) in [6.45, 7) is 4.53. The number of aliphatic carboxylic acids is 1. The van der Waals surface area contributed by atoms with Crippen LogP contribution in [0, 0.1) is 5.41 Å². The van der Waals surface area contributed by atoms with Crippen LogP contribution in [0.3, 0.4) is 0 Å². The first kappa shape index (κ1) is 18.0. The highest BCUT2D eigenvalue weighted by Crippen LogP contribution is 2.35. The van der Waals surface area contributed by atoms with Gasteiger partial charge in [0.25, 0.3) is 5.56 Å². The molecule has 1 aliphatic rings. The van der Waals surface area contributed by atoms with Gasteiger partial charge in [-0.1, -0.05) is 17.7 Å². The molecule has 130 valence electrons. The Morgan fingerprint density at radius 2 is 2.08 bits per heavy atom. The Hall–Kier alpha value is -2.37. The molecule has 1 aliphatic heterocycles. The summed E-state index contributed by atoms with van der Waals surface area (Å²) in [5, 5.41) is 9.71. The molecule has 1 aromatic heterocycles. The molecular weight excluding hydrogens is 308 g/mol. The van der Waals surface area contributed by atoms with Crippen molar-refractivity contribution in [2.24, 2.45) is 5.41 Å². The lowest BCUT2D eigenvalue weighted by Gasteiger charge is -2.39. The number of hydrogen-bond acceptors (Lipinski definition) is 3. The van der Waals surface area contributed by atoms with Gasteiger partial charge in [-0.2, -0.15) is 0 Å². The molecule has 0 aliphatic carbocycles. The van der Waals surface area contributed by atoms with Gasteiger partial charge in [-0.15, -0.1) is 0 Å². The lowest BCUT2D eigenvalue weighted by Crippen LogP contribution is -2.50. The molecule has 2 heterocycles. The van der Waals surface area contributed by atoms with Crippen LogP contribution in [0.4, 0.5) is 0 Å². The van der Waals surface area contributed by atoms with Gasteiger partial charge < -0.3 is 14.6 Å². The summed E-state index contributed by atoms with van der Waals surface area (Å²) in [5.74, 6) is -1.08. The molecule has 1 N–H and O–H groups in total. The summed E-state index contributed by atoms with van der Waals surface area (Å²) in [7, 11) is 0. The molecule has 1 aromatic rings. The summed E-state index contributed by atoms with van der Waals surface area (Å²) in [5.41, 5.74) is -0.112. The van der Waals surface area contributed by atoms with Gasteiger partial charge in [-0.05, 0) is 39.2 Å². The Balaban J connectivity index is 2.14. The minimum absolute atomic E-state index is 0.0575. The Labute approximate surface area is 141 Å². The van der Waals surface area contributed by atoms with E-state index in [0.717, 1.165) is 5.57 Å². The second-order valence-electron chi connectivity index (χ2n) is 6.66. The summed E-state index contributed by atoms with van der Waals surface area (Å²) in [6, 6.07) is 4.72. The van der Waals surface area contributed by atoms with Crippen molar-refractivity contribution < 1.29 is 14.7 Å². The highest BCUT2D eigenvalue weighted by molar-refractivity contribution is 5.79. The Bertz CT molecular complexity index is 703. The first-order valence-electron chi connectivity index (χ1n) is 8.14. The zero-order valence-corrected chi connectivity index (χ0v) is 14.2. The van der Waals surface area contributed by atoms with Crippen molar-refractivity contribution in [2.75, 3.05) is 13.1 Å². The number of amides is 1. The zero-order valence-electron chi connectivity index (χ0n) is 14.2. The Morgan fingerprint density at radius 1 is 1.33 bits per heavy atom. The minimum Gasteiger partial charge on any atom is -0.481 e. The molecular formula is C18H24N2O4. The molecule has 0 bridgehead atoms. The second kappa shape index (κ2) is 7.47. The van der Waals surface area contributed by atoms with Crippen molar-refractivity contribution in [3.05, 3.63) is 46.4 Å². The molecule has 1 amide bonds. The number of hydrogen-bond donors (Lipinski definition) is 1. The summed E-state index contributed by atoms with van der Waals surface area (Å²) < 4.78 is 1.34. The van der Waals surface area contributed by atoms with Crippen LogP contribution < -0.4 is 5.56 Å². The number of pyridine rings is 1. The topological polar surface area (TPSA) is 79.6 Å². The number of aromatic nitrogens is 1. The van der Waals surface area contributed by atoms with Crippen LogP contribution >= 0.6 is 0 Å². The lowest BCUT2D eigenvalue weighted by atomic mass is 9.76. The molecule has 6 nitrogen and oxygen atoms in total. The maximum atomic E-state index is 12.5. The molecule has 2 rings (SSSR count). The third kappa shape index (κ3) is 4.13. The van der Waals surface area contributed by atoms with Crippen LogP contribution in [0.2, 0.25) is 0 Å². The molecule has 0 saturated carbocycles. The molecule has 0 aromatic carbocycles. The summed E-state index contributed by atoms with van der Waals surface area (Å²) in [4.78, 5) is 37.7. The number of carboxylic acids is 1. The Morgan fingerprint density at radius 3 is 2.71 bits per heavy atom. The van der Waals surface area contributed by atoms with Crippen LogP contribution in [0.15, 0.2) is 40.8 Å². The van der Waals surface area contributed by atoms with E-state index in [0.29, 0.717) is 25.8 Å². The fourth-order valence-corrected chi connectivity index (χ4v) is 3.01. The van der Waals surface area contributed by atoms with Crippen LogP contribution in [0.1, 0.15) is 33.1 Å². The molecule has 0 spiro atoms. The van der Waals surface area contributed by atoms with Crippen molar-refractivity contribution in [3.8, 4) is 0 Å². The largest absolute Gasteiger partial charge is 0.481 e. The lowest BCUT2D eigenvalue weighted by molar-refractivity contribution is -0.154. The molecule has 0 radical (unpaired) electrons. The monoisotopic (exact) mass is 332 g/mol. The number of nitrogens with zero attached hydrogens (tertiary/aromatic N) is 2. The maximum absolute atomic E-state index is 12.5. The minimum atomic E-state index is -0.938. The summed E-state index contributed by atoms with van der Waals surface area (Å²) in [6.07, 6.45) is 5.11. The molecule has 1 atom stereocenters. The van der Waals surface area contributed by atoms with Crippen molar-refractivity contribution in [3.63, 3.8) is 0 Å². The van der Waals surface area contributed by atoms with Crippen LogP contribution in [0.25, 0.3) is 0 Å². The number of carbonyl (C=O) groups excluding carboxylic acids is 1. The van der Waals surface area contributed by atoms with E-state index < -0.39 is 11.4 Å². The zero-order chi connectivity index (χ0) is 17.7. The summed E-state index contributed by atoms with van der Waals surface area (Å²) >= 11 is 0. The van der Waals surface area contributed by atoms with Crippen molar-refractivity contribution in [2.45, 2.75) is 39.7 Å². The quantitative estimate of drug-likeness (QED) is 0.835. The van der Waals surface area contributed by atoms with E-state index in [1.807, 2.05) is 19.9 Å². The van der Waals surface area contributed by atoms with Gasteiger partial charge >= 0.3 is 5.97 Å². The predicted molar refractivity (Wildman–Crippen MR) is 90.6 cm³/mol. The number of piperidine rings is 1. The van der Waals surface area contributed by atoms with Gasteiger partial charge in [0.2, 0.25) is 5.91 Å². The van der Waals surface area contributed by atoms with E-state index in [1.54, 1.807) is 23.2 Å². The van der Waals surface area contributed by atoms with E-state index in [9.17, 15) is 19.5 Å². The average molecular weight is 332 g/mol. The van der Waals surface area contributed by atoms with E-state index in [1.165, 1.54) is 10.6 Å². The van der Waals surface area contributed by atoms with E-state index in [4.69, 9.17) is 0 Å². The van der Waals surface area contributed by atoms with Crippen LogP contribution in [-0.4, -0.2) is 39.5 Å². The second-order valence-corrected chi connectivity index (χ2v) is 6.66. The molecule has 6 heteroatoms. The van der Waals surface area contributed by atoms with Gasteiger partial charge in [-0.25, -0.2) is 0 Å². The van der Waals surface area contributed by atoms with Gasteiger partial charge in [0.15, 0.2) is 0 Å². The van der Waals surface area contributed by atoms with E-state index in [-0.39, 0.29) is 24.6 Å². The number of likely N-dealkylation sites (tertiary alicyclic amines) is 1. The van der Waals surface area contributed by atoms with Gasteiger partial charge in [0.1, 0.15) is 6.54 Å². The van der Waals surface area contributed by atoms with Gasteiger partial charge in [0, 0.05) is 25.4 Å². The maximum Gasteiger partial charge on any atom is 0.311 e. The highest BCUT2D eigenvalue weighted by atomic mass is 16.4. The number of carbonyl (C=O) groups is 2. The van der Waals surface area contributed by atoms with Gasteiger partial charge in [-0.3, -0.25) is 14.4 Å². The van der Waals surface area contributed by atoms with Crippen molar-refractivity contribution >= 4 is 11.9 Å².